The Morgan fingerprint density at radius 3 is 2.56 bits per heavy atom. The summed E-state index contributed by atoms with van der Waals surface area (Å²) in [5.41, 5.74) is 4.88. The number of benzene rings is 1. The third-order valence-electron chi connectivity index (χ3n) is 2.95. The van der Waals surface area contributed by atoms with E-state index in [4.69, 9.17) is 5.73 Å². The van der Waals surface area contributed by atoms with E-state index in [-0.39, 0.29) is 6.04 Å². The second-order valence-corrected chi connectivity index (χ2v) is 5.02. The Morgan fingerprint density at radius 2 is 2.06 bits per heavy atom. The number of hydrogen-bond donors (Lipinski definition) is 2. The standard InChI is InChI=1S/C13H18F2N2O/c1-8(17-7-13(2,3)12(16)18)10-5-4-9(14)6-11(10)15/h4-6,8,17H,7H2,1-3H3,(H2,16,18). The summed E-state index contributed by atoms with van der Waals surface area (Å²) in [5.74, 6) is -1.64. The number of nitrogens with one attached hydrogen (secondary N) is 1. The summed E-state index contributed by atoms with van der Waals surface area (Å²) in [6.07, 6.45) is 0. The molecule has 1 atom stereocenters. The van der Waals surface area contributed by atoms with Crippen LogP contribution in [0.3, 0.4) is 0 Å². The van der Waals surface area contributed by atoms with Crippen molar-refractivity contribution < 1.29 is 13.6 Å². The predicted molar refractivity (Wildman–Crippen MR) is 65.8 cm³/mol. The maximum atomic E-state index is 13.5. The predicted octanol–water partition coefficient (Wildman–Crippen LogP) is 2.13. The fraction of sp³-hybridized carbons (Fsp3) is 0.462. The number of amides is 1. The molecule has 0 bridgehead atoms. The molecule has 0 aliphatic heterocycles. The molecule has 0 aromatic heterocycles. The highest BCUT2D eigenvalue weighted by Crippen LogP contribution is 2.20. The van der Waals surface area contributed by atoms with Gasteiger partial charge in [-0.1, -0.05) is 6.07 Å². The van der Waals surface area contributed by atoms with E-state index in [0.717, 1.165) is 6.07 Å². The minimum Gasteiger partial charge on any atom is -0.369 e. The van der Waals surface area contributed by atoms with Gasteiger partial charge in [-0.2, -0.15) is 0 Å². The Balaban J connectivity index is 2.71. The zero-order valence-corrected chi connectivity index (χ0v) is 10.8. The van der Waals surface area contributed by atoms with Crippen LogP contribution in [0.5, 0.6) is 0 Å². The van der Waals surface area contributed by atoms with Crippen LogP contribution in [0.2, 0.25) is 0 Å². The maximum absolute atomic E-state index is 13.5. The van der Waals surface area contributed by atoms with Crippen molar-refractivity contribution in [3.8, 4) is 0 Å². The molecule has 1 amide bonds. The highest BCUT2D eigenvalue weighted by Gasteiger charge is 2.25. The van der Waals surface area contributed by atoms with E-state index in [1.54, 1.807) is 20.8 Å². The van der Waals surface area contributed by atoms with Crippen LogP contribution in [-0.2, 0) is 4.79 Å². The lowest BCUT2D eigenvalue weighted by molar-refractivity contribution is -0.125. The van der Waals surface area contributed by atoms with Gasteiger partial charge in [0, 0.05) is 24.2 Å². The molecule has 0 aliphatic rings. The van der Waals surface area contributed by atoms with Crippen molar-refractivity contribution >= 4 is 5.91 Å². The first-order valence-electron chi connectivity index (χ1n) is 5.72. The summed E-state index contributed by atoms with van der Waals surface area (Å²) < 4.78 is 26.3. The van der Waals surface area contributed by atoms with Crippen molar-refractivity contribution in [1.82, 2.24) is 5.32 Å². The SMILES string of the molecule is CC(NCC(C)(C)C(N)=O)c1ccc(F)cc1F. The first-order chi connectivity index (χ1) is 8.24. The molecule has 5 heteroatoms. The number of carbonyl (C=O) groups excluding carboxylic acids is 1. The second-order valence-electron chi connectivity index (χ2n) is 5.02. The van der Waals surface area contributed by atoms with Crippen LogP contribution in [0.1, 0.15) is 32.4 Å². The minimum absolute atomic E-state index is 0.320. The fourth-order valence-corrected chi connectivity index (χ4v) is 1.46. The van der Waals surface area contributed by atoms with Gasteiger partial charge in [-0.05, 0) is 26.8 Å². The topological polar surface area (TPSA) is 55.1 Å². The van der Waals surface area contributed by atoms with Crippen molar-refractivity contribution in [2.75, 3.05) is 6.54 Å². The molecule has 0 radical (unpaired) electrons. The Kier molecular flexibility index (Phi) is 4.40. The number of nitrogens with two attached hydrogens (primary N) is 1. The van der Waals surface area contributed by atoms with Gasteiger partial charge < -0.3 is 11.1 Å². The lowest BCUT2D eigenvalue weighted by Gasteiger charge is -2.24. The quantitative estimate of drug-likeness (QED) is 0.848. The normalized spacial score (nSPS) is 13.4. The third-order valence-corrected chi connectivity index (χ3v) is 2.95. The van der Waals surface area contributed by atoms with E-state index in [1.165, 1.54) is 12.1 Å². The first kappa shape index (κ1) is 14.6. The van der Waals surface area contributed by atoms with Gasteiger partial charge in [0.25, 0.3) is 0 Å². The maximum Gasteiger partial charge on any atom is 0.224 e. The number of carbonyl (C=O) groups is 1. The van der Waals surface area contributed by atoms with Gasteiger partial charge in [-0.3, -0.25) is 4.79 Å². The molecule has 3 N–H and O–H groups in total. The smallest absolute Gasteiger partial charge is 0.224 e. The van der Waals surface area contributed by atoms with Crippen molar-refractivity contribution in [1.29, 1.82) is 0 Å². The Bertz CT molecular complexity index is 447. The third kappa shape index (κ3) is 3.50. The van der Waals surface area contributed by atoms with E-state index >= 15 is 0 Å². The summed E-state index contributed by atoms with van der Waals surface area (Å²) in [6, 6.07) is 3.10. The van der Waals surface area contributed by atoms with Gasteiger partial charge in [-0.25, -0.2) is 8.78 Å². The number of rotatable bonds is 5. The molecule has 0 heterocycles. The van der Waals surface area contributed by atoms with E-state index in [2.05, 4.69) is 5.32 Å². The molecule has 100 valence electrons. The second kappa shape index (κ2) is 5.44. The fourth-order valence-electron chi connectivity index (χ4n) is 1.46. The largest absolute Gasteiger partial charge is 0.369 e. The van der Waals surface area contributed by atoms with Crippen LogP contribution >= 0.6 is 0 Å². The molecule has 0 fully saturated rings. The Hall–Kier alpha value is -1.49. The molecule has 0 saturated heterocycles. The van der Waals surface area contributed by atoms with Gasteiger partial charge in [0.05, 0.1) is 5.41 Å². The van der Waals surface area contributed by atoms with E-state index in [9.17, 15) is 13.6 Å². The van der Waals surface area contributed by atoms with Crippen LogP contribution in [0.25, 0.3) is 0 Å². The van der Waals surface area contributed by atoms with E-state index in [0.29, 0.717) is 12.1 Å². The van der Waals surface area contributed by atoms with Crippen LogP contribution < -0.4 is 11.1 Å². The highest BCUT2D eigenvalue weighted by atomic mass is 19.1. The van der Waals surface area contributed by atoms with Gasteiger partial charge in [-0.15, -0.1) is 0 Å². The minimum atomic E-state index is -0.717. The van der Waals surface area contributed by atoms with Crippen molar-refractivity contribution in [2.24, 2.45) is 11.1 Å². The monoisotopic (exact) mass is 256 g/mol. The molecular weight excluding hydrogens is 238 g/mol. The molecule has 3 nitrogen and oxygen atoms in total. The molecule has 0 aliphatic carbocycles. The van der Waals surface area contributed by atoms with Crippen molar-refractivity contribution in [2.45, 2.75) is 26.8 Å². The van der Waals surface area contributed by atoms with Crippen molar-refractivity contribution in [3.05, 3.63) is 35.4 Å². The first-order valence-corrected chi connectivity index (χ1v) is 5.72. The number of hydrogen-bond acceptors (Lipinski definition) is 2. The summed E-state index contributed by atoms with van der Waals surface area (Å²) in [5, 5.41) is 3.02. The average Bonchev–Trinajstić information content (AvgIpc) is 2.25. The average molecular weight is 256 g/mol. The molecular formula is C13H18F2N2O. The lowest BCUT2D eigenvalue weighted by Crippen LogP contribution is -2.41. The lowest BCUT2D eigenvalue weighted by atomic mass is 9.92. The molecule has 0 spiro atoms. The summed E-state index contributed by atoms with van der Waals surface area (Å²) in [4.78, 5) is 11.1. The van der Waals surface area contributed by atoms with Crippen LogP contribution in [0.4, 0.5) is 8.78 Å². The molecule has 1 aromatic carbocycles. The molecule has 1 rings (SSSR count). The zero-order chi connectivity index (χ0) is 13.9. The Labute approximate surface area is 105 Å². The van der Waals surface area contributed by atoms with Crippen molar-refractivity contribution in [3.63, 3.8) is 0 Å². The van der Waals surface area contributed by atoms with Crippen LogP contribution in [0.15, 0.2) is 18.2 Å². The van der Waals surface area contributed by atoms with Gasteiger partial charge in [0.1, 0.15) is 11.6 Å². The van der Waals surface area contributed by atoms with Crippen LogP contribution in [0, 0.1) is 17.0 Å². The molecule has 1 unspecified atom stereocenters. The Morgan fingerprint density at radius 1 is 1.44 bits per heavy atom. The zero-order valence-electron chi connectivity index (χ0n) is 10.8. The summed E-state index contributed by atoms with van der Waals surface area (Å²) >= 11 is 0. The van der Waals surface area contributed by atoms with Gasteiger partial charge >= 0.3 is 0 Å². The number of halogens is 2. The molecule has 0 saturated carbocycles. The van der Waals surface area contributed by atoms with Crippen LogP contribution in [-0.4, -0.2) is 12.5 Å². The summed E-state index contributed by atoms with van der Waals surface area (Å²) in [6.45, 7) is 5.47. The van der Waals surface area contributed by atoms with E-state index < -0.39 is 23.0 Å². The van der Waals surface area contributed by atoms with Gasteiger partial charge in [0.15, 0.2) is 0 Å². The summed E-state index contributed by atoms with van der Waals surface area (Å²) in [7, 11) is 0. The van der Waals surface area contributed by atoms with Gasteiger partial charge in [0.2, 0.25) is 5.91 Å². The highest BCUT2D eigenvalue weighted by molar-refractivity contribution is 5.80. The van der Waals surface area contributed by atoms with E-state index in [1.807, 2.05) is 0 Å². The molecule has 18 heavy (non-hydrogen) atoms. The molecule has 1 aromatic rings. The number of primary amides is 1.